The first-order valence-corrected chi connectivity index (χ1v) is 8.10. The molecule has 6 heteroatoms. The number of aryl methyl sites for hydroxylation is 2. The van der Waals surface area contributed by atoms with Gasteiger partial charge in [-0.3, -0.25) is 4.79 Å². The van der Waals surface area contributed by atoms with Gasteiger partial charge in [0.1, 0.15) is 11.4 Å². The summed E-state index contributed by atoms with van der Waals surface area (Å²) in [5, 5.41) is 2.79. The lowest BCUT2D eigenvalue weighted by atomic mass is 10.1. The summed E-state index contributed by atoms with van der Waals surface area (Å²) in [7, 11) is 1.58. The van der Waals surface area contributed by atoms with Gasteiger partial charge in [0.25, 0.3) is 5.91 Å². The van der Waals surface area contributed by atoms with Crippen molar-refractivity contribution >= 4 is 11.6 Å². The maximum Gasteiger partial charge on any atom is 0.346 e. The van der Waals surface area contributed by atoms with Crippen LogP contribution in [0.15, 0.2) is 53.3 Å². The number of methoxy groups -OCH3 is 1. The molecular weight excluding hydrogens is 330 g/mol. The van der Waals surface area contributed by atoms with Gasteiger partial charge < -0.3 is 15.0 Å². The molecule has 1 heterocycles. The van der Waals surface area contributed by atoms with Gasteiger partial charge >= 0.3 is 5.69 Å². The van der Waals surface area contributed by atoms with Gasteiger partial charge in [0.15, 0.2) is 0 Å². The Bertz CT molecular complexity index is 1010. The summed E-state index contributed by atoms with van der Waals surface area (Å²) in [6, 6.07) is 14.3. The third-order valence-corrected chi connectivity index (χ3v) is 4.14. The molecule has 0 saturated carbocycles. The van der Waals surface area contributed by atoms with Crippen molar-refractivity contribution in [3.8, 4) is 17.0 Å². The van der Waals surface area contributed by atoms with Crippen LogP contribution in [-0.2, 0) is 0 Å². The highest BCUT2D eigenvalue weighted by molar-refractivity contribution is 6.03. The van der Waals surface area contributed by atoms with Crippen LogP contribution in [0.2, 0.25) is 0 Å². The minimum atomic E-state index is -0.580. The van der Waals surface area contributed by atoms with Gasteiger partial charge in [-0.15, -0.1) is 0 Å². The Morgan fingerprint density at radius 2 is 1.77 bits per heavy atom. The zero-order valence-corrected chi connectivity index (χ0v) is 14.8. The number of amides is 1. The maximum absolute atomic E-state index is 12.5. The van der Waals surface area contributed by atoms with Gasteiger partial charge in [-0.2, -0.15) is 4.98 Å². The number of carbonyl (C=O) groups is 1. The van der Waals surface area contributed by atoms with E-state index in [0.717, 1.165) is 16.7 Å². The Morgan fingerprint density at radius 1 is 1.04 bits per heavy atom. The molecule has 0 spiro atoms. The van der Waals surface area contributed by atoms with E-state index in [4.69, 9.17) is 4.74 Å². The lowest BCUT2D eigenvalue weighted by Crippen LogP contribution is -2.21. The molecule has 0 unspecified atom stereocenters. The van der Waals surface area contributed by atoms with E-state index in [-0.39, 0.29) is 5.69 Å². The molecule has 1 amide bonds. The van der Waals surface area contributed by atoms with Crippen LogP contribution in [-0.4, -0.2) is 23.0 Å². The zero-order valence-electron chi connectivity index (χ0n) is 14.8. The van der Waals surface area contributed by atoms with E-state index in [2.05, 4.69) is 15.3 Å². The van der Waals surface area contributed by atoms with Crippen molar-refractivity contribution in [3.63, 3.8) is 0 Å². The quantitative estimate of drug-likeness (QED) is 0.757. The average Bonchev–Trinajstić information content (AvgIpc) is 2.64. The van der Waals surface area contributed by atoms with Gasteiger partial charge in [-0.1, -0.05) is 6.07 Å². The Labute approximate surface area is 150 Å². The second kappa shape index (κ2) is 7.23. The van der Waals surface area contributed by atoms with E-state index in [0.29, 0.717) is 17.1 Å². The predicted octanol–water partition coefficient (Wildman–Crippen LogP) is 3.31. The second-order valence-corrected chi connectivity index (χ2v) is 5.97. The second-order valence-electron chi connectivity index (χ2n) is 5.97. The van der Waals surface area contributed by atoms with Crippen LogP contribution in [0, 0.1) is 13.8 Å². The largest absolute Gasteiger partial charge is 0.497 e. The van der Waals surface area contributed by atoms with Crippen molar-refractivity contribution in [2.24, 2.45) is 0 Å². The minimum absolute atomic E-state index is 0.147. The number of H-pyrrole nitrogens is 1. The van der Waals surface area contributed by atoms with Crippen LogP contribution in [0.3, 0.4) is 0 Å². The highest BCUT2D eigenvalue weighted by Crippen LogP contribution is 2.20. The van der Waals surface area contributed by atoms with Gasteiger partial charge in [-0.05, 0) is 67.4 Å². The molecule has 2 aromatic carbocycles. The first kappa shape index (κ1) is 17.4. The molecule has 3 rings (SSSR count). The number of aromatic nitrogens is 2. The van der Waals surface area contributed by atoms with E-state index >= 15 is 0 Å². The average molecular weight is 349 g/mol. The number of nitrogens with one attached hydrogen (secondary N) is 2. The fourth-order valence-corrected chi connectivity index (χ4v) is 2.51. The van der Waals surface area contributed by atoms with E-state index in [9.17, 15) is 9.59 Å². The van der Waals surface area contributed by atoms with Crippen molar-refractivity contribution < 1.29 is 9.53 Å². The summed E-state index contributed by atoms with van der Waals surface area (Å²) in [5.74, 6) is 0.300. The van der Waals surface area contributed by atoms with Crippen molar-refractivity contribution in [2.45, 2.75) is 13.8 Å². The maximum atomic E-state index is 12.5. The van der Waals surface area contributed by atoms with E-state index in [1.807, 2.05) is 32.0 Å². The molecule has 0 radical (unpaired) electrons. The first-order valence-electron chi connectivity index (χ1n) is 8.10. The summed E-state index contributed by atoms with van der Waals surface area (Å²) < 4.78 is 5.12. The summed E-state index contributed by atoms with van der Waals surface area (Å²) in [5.41, 5.74) is 3.59. The lowest BCUT2D eigenvalue weighted by Gasteiger charge is -2.09. The van der Waals surface area contributed by atoms with Gasteiger partial charge in [-0.25, -0.2) is 4.79 Å². The van der Waals surface area contributed by atoms with Crippen LogP contribution in [0.1, 0.15) is 21.6 Å². The highest BCUT2D eigenvalue weighted by Gasteiger charge is 2.11. The molecule has 0 aliphatic carbocycles. The fourth-order valence-electron chi connectivity index (χ4n) is 2.51. The molecule has 0 atom stereocenters. The Hall–Kier alpha value is -3.41. The minimum Gasteiger partial charge on any atom is -0.497 e. The number of hydrogen-bond acceptors (Lipinski definition) is 4. The van der Waals surface area contributed by atoms with Crippen LogP contribution in [0.25, 0.3) is 11.3 Å². The van der Waals surface area contributed by atoms with Crippen molar-refractivity contribution in [2.75, 3.05) is 12.4 Å². The smallest absolute Gasteiger partial charge is 0.346 e. The van der Waals surface area contributed by atoms with Crippen molar-refractivity contribution in [3.05, 3.63) is 75.8 Å². The van der Waals surface area contributed by atoms with Crippen molar-refractivity contribution in [1.82, 2.24) is 9.97 Å². The summed E-state index contributed by atoms with van der Waals surface area (Å²) >= 11 is 0. The third-order valence-electron chi connectivity index (χ3n) is 4.14. The van der Waals surface area contributed by atoms with Gasteiger partial charge in [0.05, 0.1) is 12.8 Å². The number of ether oxygens (including phenoxy) is 1. The molecule has 26 heavy (non-hydrogen) atoms. The summed E-state index contributed by atoms with van der Waals surface area (Å²) in [4.78, 5) is 30.8. The lowest BCUT2D eigenvalue weighted by molar-refractivity contribution is 0.102. The van der Waals surface area contributed by atoms with E-state index in [1.165, 1.54) is 0 Å². The molecule has 0 fully saturated rings. The number of benzene rings is 2. The predicted molar refractivity (Wildman–Crippen MR) is 101 cm³/mol. The van der Waals surface area contributed by atoms with Crippen LogP contribution in [0.4, 0.5) is 5.69 Å². The number of anilines is 1. The number of carbonyl (C=O) groups excluding carboxylic acids is 1. The molecule has 6 nitrogen and oxygen atoms in total. The Kier molecular flexibility index (Phi) is 4.84. The summed E-state index contributed by atoms with van der Waals surface area (Å²) in [6.07, 6.45) is 0. The molecule has 132 valence electrons. The monoisotopic (exact) mass is 349 g/mol. The number of aromatic amines is 1. The topological polar surface area (TPSA) is 84.1 Å². The normalized spacial score (nSPS) is 10.4. The fraction of sp³-hybridized carbons (Fsp3) is 0.150. The van der Waals surface area contributed by atoms with Crippen LogP contribution in [0.5, 0.6) is 5.75 Å². The molecule has 0 aliphatic rings. The number of nitrogens with zero attached hydrogens (tertiary/aromatic N) is 1. The standard InChI is InChI=1S/C20H19N3O3/c1-12-4-7-15(10-13(12)2)21-19(24)18-11-17(22-20(25)23-18)14-5-8-16(26-3)9-6-14/h4-11H,1-3H3,(H,21,24)(H,22,23,25). The van der Waals surface area contributed by atoms with E-state index in [1.54, 1.807) is 37.4 Å². The summed E-state index contributed by atoms with van der Waals surface area (Å²) in [6.45, 7) is 3.98. The van der Waals surface area contributed by atoms with E-state index < -0.39 is 11.6 Å². The van der Waals surface area contributed by atoms with Gasteiger partial charge in [0, 0.05) is 11.3 Å². The number of rotatable bonds is 4. The van der Waals surface area contributed by atoms with Crippen LogP contribution >= 0.6 is 0 Å². The molecule has 0 bridgehead atoms. The molecule has 3 aromatic rings. The molecule has 0 aliphatic heterocycles. The Morgan fingerprint density at radius 3 is 2.42 bits per heavy atom. The Balaban J connectivity index is 1.89. The number of hydrogen-bond donors (Lipinski definition) is 2. The molecular formula is C20H19N3O3. The molecule has 0 saturated heterocycles. The first-order chi connectivity index (χ1) is 12.5. The third kappa shape index (κ3) is 3.80. The zero-order chi connectivity index (χ0) is 18.7. The van der Waals surface area contributed by atoms with Crippen molar-refractivity contribution in [1.29, 1.82) is 0 Å². The van der Waals surface area contributed by atoms with Gasteiger partial charge in [0.2, 0.25) is 0 Å². The highest BCUT2D eigenvalue weighted by atomic mass is 16.5. The van der Waals surface area contributed by atoms with Crippen LogP contribution < -0.4 is 15.7 Å². The SMILES string of the molecule is COc1ccc(-c2cc(C(=O)Nc3ccc(C)c(C)c3)[nH]c(=O)n2)cc1. The molecule has 2 N–H and O–H groups in total. The molecule has 1 aromatic heterocycles.